The molecule has 134 valence electrons. The van der Waals surface area contributed by atoms with Crippen molar-refractivity contribution in [1.29, 1.82) is 0 Å². The number of nitrogens with zero attached hydrogens (tertiary/aromatic N) is 3. The smallest absolute Gasteiger partial charge is 0.256 e. The van der Waals surface area contributed by atoms with Crippen molar-refractivity contribution in [2.45, 2.75) is 6.42 Å². The largest absolute Gasteiger partial charge is 0.494 e. The average Bonchev–Trinajstić information content (AvgIpc) is 3.13. The molecule has 0 bridgehead atoms. The molecule has 0 saturated carbocycles. The van der Waals surface area contributed by atoms with Crippen molar-refractivity contribution in [3.63, 3.8) is 0 Å². The normalized spacial score (nSPS) is 10.6. The molecule has 0 saturated heterocycles. The van der Waals surface area contributed by atoms with Crippen LogP contribution in [0.2, 0.25) is 10.0 Å². The molecule has 2 heterocycles. The first-order valence-electron chi connectivity index (χ1n) is 7.63. The molecule has 0 fully saturated rings. The van der Waals surface area contributed by atoms with E-state index >= 15 is 0 Å². The summed E-state index contributed by atoms with van der Waals surface area (Å²) in [6, 6.07) is 6.65. The Bertz CT molecular complexity index is 916. The molecule has 1 aromatic carbocycles. The summed E-state index contributed by atoms with van der Waals surface area (Å²) in [5.41, 5.74) is 0.961. The third-order valence-electron chi connectivity index (χ3n) is 3.51. The van der Waals surface area contributed by atoms with Gasteiger partial charge in [-0.25, -0.2) is 0 Å². The van der Waals surface area contributed by atoms with Crippen molar-refractivity contribution >= 4 is 29.1 Å². The summed E-state index contributed by atoms with van der Waals surface area (Å²) in [6.07, 6.45) is 3.65. The molecule has 0 radical (unpaired) electrons. The highest BCUT2D eigenvalue weighted by molar-refractivity contribution is 6.37. The highest BCUT2D eigenvalue weighted by atomic mass is 35.5. The van der Waals surface area contributed by atoms with E-state index in [-0.39, 0.29) is 22.9 Å². The van der Waals surface area contributed by atoms with Gasteiger partial charge in [-0.2, -0.15) is 0 Å². The summed E-state index contributed by atoms with van der Waals surface area (Å²) in [4.78, 5) is 16.3. The Morgan fingerprint density at radius 3 is 2.62 bits per heavy atom. The molecule has 7 nitrogen and oxygen atoms in total. The molecule has 0 aliphatic carbocycles. The number of hydrogen-bond acceptors (Lipinski definition) is 6. The Balaban J connectivity index is 1.63. The van der Waals surface area contributed by atoms with Crippen molar-refractivity contribution in [3.8, 4) is 17.2 Å². The van der Waals surface area contributed by atoms with Crippen LogP contribution in [0.1, 0.15) is 16.2 Å². The first-order chi connectivity index (χ1) is 12.6. The molecule has 0 aliphatic heterocycles. The van der Waals surface area contributed by atoms with Crippen LogP contribution < -0.4 is 10.1 Å². The number of methoxy groups -OCH3 is 1. The maximum absolute atomic E-state index is 12.4. The van der Waals surface area contributed by atoms with Crippen LogP contribution in [0.15, 0.2) is 41.1 Å². The Hall–Kier alpha value is -2.64. The molecule has 3 rings (SSSR count). The van der Waals surface area contributed by atoms with E-state index in [0.717, 1.165) is 5.56 Å². The zero-order chi connectivity index (χ0) is 18.5. The van der Waals surface area contributed by atoms with Crippen LogP contribution in [0.4, 0.5) is 0 Å². The predicted molar refractivity (Wildman–Crippen MR) is 96.6 cm³/mol. The van der Waals surface area contributed by atoms with Gasteiger partial charge >= 0.3 is 0 Å². The summed E-state index contributed by atoms with van der Waals surface area (Å²) in [5, 5.41) is 11.2. The molecule has 3 aromatic rings. The van der Waals surface area contributed by atoms with E-state index < -0.39 is 5.91 Å². The number of benzene rings is 1. The third kappa shape index (κ3) is 3.95. The first kappa shape index (κ1) is 18.2. The van der Waals surface area contributed by atoms with Crippen molar-refractivity contribution in [1.82, 2.24) is 20.5 Å². The van der Waals surface area contributed by atoms with Crippen molar-refractivity contribution in [2.75, 3.05) is 13.7 Å². The second-order valence-corrected chi connectivity index (χ2v) is 5.99. The molecular formula is C17H14Cl2N4O3. The number of aromatic nitrogens is 3. The molecule has 1 N–H and O–H groups in total. The second kappa shape index (κ2) is 8.16. The lowest BCUT2D eigenvalue weighted by atomic mass is 10.2. The quantitative estimate of drug-likeness (QED) is 0.690. The third-order valence-corrected chi connectivity index (χ3v) is 4.12. The fourth-order valence-electron chi connectivity index (χ4n) is 2.28. The number of rotatable bonds is 6. The number of carbonyl (C=O) groups is 1. The number of amides is 1. The number of carbonyl (C=O) groups excluding carboxylic acids is 1. The summed E-state index contributed by atoms with van der Waals surface area (Å²) >= 11 is 12.1. The van der Waals surface area contributed by atoms with Gasteiger partial charge in [0.2, 0.25) is 11.8 Å². The van der Waals surface area contributed by atoms with E-state index in [9.17, 15) is 4.79 Å². The Morgan fingerprint density at radius 1 is 1.15 bits per heavy atom. The van der Waals surface area contributed by atoms with Gasteiger partial charge in [0.15, 0.2) is 5.75 Å². The number of nitrogens with one attached hydrogen (secondary N) is 1. The maximum atomic E-state index is 12.4. The van der Waals surface area contributed by atoms with Gasteiger partial charge in [-0.05, 0) is 24.3 Å². The molecule has 2 aromatic heterocycles. The SMILES string of the molecule is COc1c(Cl)ccc(Cl)c1C(=O)NCCc1nnc(-c2ccncc2)o1. The lowest BCUT2D eigenvalue weighted by Crippen LogP contribution is -2.26. The van der Waals surface area contributed by atoms with Gasteiger partial charge in [-0.3, -0.25) is 9.78 Å². The van der Waals surface area contributed by atoms with Gasteiger partial charge in [-0.1, -0.05) is 23.2 Å². The maximum Gasteiger partial charge on any atom is 0.256 e. The van der Waals surface area contributed by atoms with Gasteiger partial charge in [0.05, 0.1) is 17.2 Å². The minimum absolute atomic E-state index is 0.185. The lowest BCUT2D eigenvalue weighted by Gasteiger charge is -2.11. The monoisotopic (exact) mass is 392 g/mol. The summed E-state index contributed by atoms with van der Waals surface area (Å²) in [7, 11) is 1.42. The average molecular weight is 393 g/mol. The van der Waals surface area contributed by atoms with Crippen LogP contribution in [0.25, 0.3) is 11.5 Å². The van der Waals surface area contributed by atoms with Crippen molar-refractivity contribution in [2.24, 2.45) is 0 Å². The molecule has 0 aliphatic rings. The van der Waals surface area contributed by atoms with Gasteiger partial charge in [0.25, 0.3) is 5.91 Å². The van der Waals surface area contributed by atoms with Gasteiger partial charge < -0.3 is 14.5 Å². The van der Waals surface area contributed by atoms with Crippen LogP contribution in [0.3, 0.4) is 0 Å². The summed E-state index contributed by atoms with van der Waals surface area (Å²) in [6.45, 7) is 0.281. The molecule has 26 heavy (non-hydrogen) atoms. The van der Waals surface area contributed by atoms with E-state index in [1.807, 2.05) is 0 Å². The van der Waals surface area contributed by atoms with E-state index in [1.165, 1.54) is 7.11 Å². The summed E-state index contributed by atoms with van der Waals surface area (Å²) in [5.74, 6) is 0.632. The molecule has 0 atom stereocenters. The van der Waals surface area contributed by atoms with Gasteiger partial charge in [-0.15, -0.1) is 10.2 Å². The predicted octanol–water partition coefficient (Wildman–Crippen LogP) is 3.42. The van der Waals surface area contributed by atoms with Crippen LogP contribution in [0, 0.1) is 0 Å². The highest BCUT2D eigenvalue weighted by Gasteiger charge is 2.19. The van der Waals surface area contributed by atoms with E-state index in [0.29, 0.717) is 23.2 Å². The van der Waals surface area contributed by atoms with Gasteiger partial charge in [0, 0.05) is 30.9 Å². The van der Waals surface area contributed by atoms with E-state index in [2.05, 4.69) is 20.5 Å². The topological polar surface area (TPSA) is 90.1 Å². The fourth-order valence-corrected chi connectivity index (χ4v) is 2.75. The van der Waals surface area contributed by atoms with Gasteiger partial charge in [0.1, 0.15) is 5.56 Å². The molecule has 1 amide bonds. The van der Waals surface area contributed by atoms with Crippen LogP contribution >= 0.6 is 23.2 Å². The van der Waals surface area contributed by atoms with Crippen LogP contribution in [0.5, 0.6) is 5.75 Å². The van der Waals surface area contributed by atoms with Crippen molar-refractivity contribution in [3.05, 3.63) is 58.2 Å². The standard InChI is InChI=1S/C17H14Cl2N4O3/c1-25-15-12(19)3-2-11(18)14(15)16(24)21-9-6-13-22-23-17(26-13)10-4-7-20-8-5-10/h2-5,7-8H,6,9H2,1H3,(H,21,24). The second-order valence-electron chi connectivity index (χ2n) is 5.18. The first-order valence-corrected chi connectivity index (χ1v) is 8.38. The Labute approximate surface area is 159 Å². The fraction of sp³-hybridized carbons (Fsp3) is 0.176. The number of hydrogen-bond donors (Lipinski definition) is 1. The van der Waals surface area contributed by atoms with Crippen LogP contribution in [-0.4, -0.2) is 34.7 Å². The zero-order valence-corrected chi connectivity index (χ0v) is 15.2. The summed E-state index contributed by atoms with van der Waals surface area (Å²) < 4.78 is 10.7. The minimum atomic E-state index is -0.400. The molecule has 9 heteroatoms. The Morgan fingerprint density at radius 2 is 1.88 bits per heavy atom. The number of pyridine rings is 1. The van der Waals surface area contributed by atoms with Crippen molar-refractivity contribution < 1.29 is 13.9 Å². The highest BCUT2D eigenvalue weighted by Crippen LogP contribution is 2.33. The molecular weight excluding hydrogens is 379 g/mol. The Kier molecular flexibility index (Phi) is 5.70. The zero-order valence-electron chi connectivity index (χ0n) is 13.7. The molecule has 0 spiro atoms. The number of halogens is 2. The minimum Gasteiger partial charge on any atom is -0.494 e. The number of ether oxygens (including phenoxy) is 1. The lowest BCUT2D eigenvalue weighted by molar-refractivity contribution is 0.0950. The van der Waals surface area contributed by atoms with E-state index in [1.54, 1.807) is 36.7 Å². The van der Waals surface area contributed by atoms with Crippen LogP contribution in [-0.2, 0) is 6.42 Å². The van der Waals surface area contributed by atoms with E-state index in [4.69, 9.17) is 32.4 Å². The molecule has 0 unspecified atom stereocenters.